The van der Waals surface area contributed by atoms with Gasteiger partial charge in [0.05, 0.1) is 6.10 Å². The van der Waals surface area contributed by atoms with Crippen LogP contribution in [-0.4, -0.2) is 12.1 Å². The van der Waals surface area contributed by atoms with Gasteiger partial charge in [0.25, 0.3) is 0 Å². The number of hydrogen-bond donors (Lipinski definition) is 1. The Morgan fingerprint density at radius 3 is 2.59 bits per heavy atom. The Kier molecular flexibility index (Phi) is 4.06. The first kappa shape index (κ1) is 12.4. The second-order valence-corrected chi connectivity index (χ2v) is 5.26. The molecule has 2 rings (SSSR count). The molecule has 1 N–H and O–H groups in total. The molecule has 1 saturated carbocycles. The number of ether oxygens (including phenoxy) is 1. The molecule has 1 fully saturated rings. The number of hydrogen-bond acceptors (Lipinski definition) is 2. The number of benzene rings is 1. The standard InChI is InChI=1S/C15H23NO/c1-11(2)17-15-9-4-6-13(10-15)12(3)16-14-7-5-8-14/h4,6,9-12,14,16H,5,7-8H2,1-3H3. The van der Waals surface area contributed by atoms with Crippen molar-refractivity contribution in [3.8, 4) is 5.75 Å². The lowest BCUT2D eigenvalue weighted by atomic mass is 9.92. The molecule has 0 radical (unpaired) electrons. The van der Waals surface area contributed by atoms with Gasteiger partial charge >= 0.3 is 0 Å². The summed E-state index contributed by atoms with van der Waals surface area (Å²) in [7, 11) is 0. The molecule has 0 heterocycles. The third-order valence-electron chi connectivity index (χ3n) is 3.32. The number of nitrogens with one attached hydrogen (secondary N) is 1. The summed E-state index contributed by atoms with van der Waals surface area (Å²) in [5.74, 6) is 0.972. The maximum atomic E-state index is 5.72. The molecule has 0 saturated heterocycles. The van der Waals surface area contributed by atoms with Crippen LogP contribution in [-0.2, 0) is 0 Å². The predicted octanol–water partition coefficient (Wildman–Crippen LogP) is 3.68. The molecule has 2 nitrogen and oxygen atoms in total. The van der Waals surface area contributed by atoms with Gasteiger partial charge in [0.2, 0.25) is 0 Å². The molecule has 0 aromatic heterocycles. The molecule has 1 aliphatic carbocycles. The van der Waals surface area contributed by atoms with E-state index in [1.807, 2.05) is 6.07 Å². The van der Waals surface area contributed by atoms with Crippen molar-refractivity contribution in [1.82, 2.24) is 5.32 Å². The quantitative estimate of drug-likeness (QED) is 0.837. The van der Waals surface area contributed by atoms with E-state index < -0.39 is 0 Å². The van der Waals surface area contributed by atoms with Gasteiger partial charge in [-0.15, -0.1) is 0 Å². The van der Waals surface area contributed by atoms with Crippen molar-refractivity contribution in [2.75, 3.05) is 0 Å². The highest BCUT2D eigenvalue weighted by Crippen LogP contribution is 2.24. The van der Waals surface area contributed by atoms with E-state index in [9.17, 15) is 0 Å². The van der Waals surface area contributed by atoms with Crippen LogP contribution in [0.25, 0.3) is 0 Å². The SMILES string of the molecule is CC(C)Oc1cccc(C(C)NC2CCC2)c1. The fraction of sp³-hybridized carbons (Fsp3) is 0.600. The summed E-state index contributed by atoms with van der Waals surface area (Å²) >= 11 is 0. The normalized spacial score (nSPS) is 17.9. The highest BCUT2D eigenvalue weighted by Gasteiger charge is 2.19. The molecule has 17 heavy (non-hydrogen) atoms. The van der Waals surface area contributed by atoms with E-state index in [1.54, 1.807) is 0 Å². The van der Waals surface area contributed by atoms with E-state index in [0.717, 1.165) is 11.8 Å². The summed E-state index contributed by atoms with van der Waals surface area (Å²) in [4.78, 5) is 0. The molecule has 1 aliphatic rings. The number of rotatable bonds is 5. The van der Waals surface area contributed by atoms with Crippen LogP contribution in [0.15, 0.2) is 24.3 Å². The third-order valence-corrected chi connectivity index (χ3v) is 3.32. The van der Waals surface area contributed by atoms with Crippen molar-refractivity contribution in [2.24, 2.45) is 0 Å². The van der Waals surface area contributed by atoms with Crippen LogP contribution in [0.4, 0.5) is 0 Å². The molecule has 1 unspecified atom stereocenters. The second kappa shape index (κ2) is 5.54. The van der Waals surface area contributed by atoms with Gasteiger partial charge in [-0.05, 0) is 51.3 Å². The van der Waals surface area contributed by atoms with Crippen molar-refractivity contribution in [2.45, 2.75) is 58.2 Å². The van der Waals surface area contributed by atoms with Gasteiger partial charge in [-0.2, -0.15) is 0 Å². The Balaban J connectivity index is 1.98. The minimum absolute atomic E-state index is 0.236. The molecule has 0 amide bonds. The second-order valence-electron chi connectivity index (χ2n) is 5.26. The third kappa shape index (κ3) is 3.47. The first-order valence-electron chi connectivity index (χ1n) is 6.68. The zero-order valence-electron chi connectivity index (χ0n) is 11.1. The van der Waals surface area contributed by atoms with Crippen LogP contribution in [0.3, 0.4) is 0 Å². The van der Waals surface area contributed by atoms with E-state index in [-0.39, 0.29) is 6.10 Å². The van der Waals surface area contributed by atoms with E-state index in [1.165, 1.54) is 24.8 Å². The van der Waals surface area contributed by atoms with Crippen molar-refractivity contribution in [3.05, 3.63) is 29.8 Å². The highest BCUT2D eigenvalue weighted by atomic mass is 16.5. The van der Waals surface area contributed by atoms with Gasteiger partial charge in [-0.25, -0.2) is 0 Å². The minimum atomic E-state index is 0.236. The fourth-order valence-electron chi connectivity index (χ4n) is 2.15. The molecule has 0 bridgehead atoms. The molecule has 0 aliphatic heterocycles. The highest BCUT2D eigenvalue weighted by molar-refractivity contribution is 5.30. The summed E-state index contributed by atoms with van der Waals surface area (Å²) < 4.78 is 5.72. The monoisotopic (exact) mass is 233 g/mol. The van der Waals surface area contributed by atoms with Crippen LogP contribution in [0.1, 0.15) is 51.6 Å². The molecule has 1 atom stereocenters. The van der Waals surface area contributed by atoms with Crippen molar-refractivity contribution in [1.29, 1.82) is 0 Å². The summed E-state index contributed by atoms with van der Waals surface area (Å²) in [6.07, 6.45) is 4.26. The van der Waals surface area contributed by atoms with Gasteiger partial charge in [0, 0.05) is 12.1 Å². The van der Waals surface area contributed by atoms with Crippen LogP contribution in [0.2, 0.25) is 0 Å². The average molecular weight is 233 g/mol. The largest absolute Gasteiger partial charge is 0.491 e. The maximum absolute atomic E-state index is 5.72. The minimum Gasteiger partial charge on any atom is -0.491 e. The molecule has 0 spiro atoms. The Labute approximate surface area is 104 Å². The maximum Gasteiger partial charge on any atom is 0.120 e. The van der Waals surface area contributed by atoms with E-state index >= 15 is 0 Å². The van der Waals surface area contributed by atoms with Crippen LogP contribution >= 0.6 is 0 Å². The lowest BCUT2D eigenvalue weighted by Gasteiger charge is -2.30. The first-order chi connectivity index (χ1) is 8.15. The Hall–Kier alpha value is -1.02. The van der Waals surface area contributed by atoms with Crippen LogP contribution in [0.5, 0.6) is 5.75 Å². The summed E-state index contributed by atoms with van der Waals surface area (Å²) in [5, 5.41) is 3.66. The lowest BCUT2D eigenvalue weighted by molar-refractivity contribution is 0.241. The molecular weight excluding hydrogens is 210 g/mol. The summed E-state index contributed by atoms with van der Waals surface area (Å²) in [6.45, 7) is 6.35. The smallest absolute Gasteiger partial charge is 0.120 e. The Bertz CT molecular complexity index is 358. The van der Waals surface area contributed by atoms with Gasteiger partial charge in [-0.1, -0.05) is 18.6 Å². The van der Waals surface area contributed by atoms with Gasteiger partial charge in [0.15, 0.2) is 0 Å². The summed E-state index contributed by atoms with van der Waals surface area (Å²) in [6, 6.07) is 9.56. The molecule has 94 valence electrons. The van der Waals surface area contributed by atoms with Crippen molar-refractivity contribution in [3.63, 3.8) is 0 Å². The molecule has 2 heteroatoms. The van der Waals surface area contributed by atoms with E-state index in [0.29, 0.717) is 6.04 Å². The average Bonchev–Trinajstić information content (AvgIpc) is 2.22. The van der Waals surface area contributed by atoms with E-state index in [4.69, 9.17) is 4.74 Å². The van der Waals surface area contributed by atoms with Gasteiger partial charge < -0.3 is 10.1 Å². The fourth-order valence-corrected chi connectivity index (χ4v) is 2.15. The van der Waals surface area contributed by atoms with Crippen LogP contribution < -0.4 is 10.1 Å². The molecule has 1 aromatic carbocycles. The molecule has 1 aromatic rings. The van der Waals surface area contributed by atoms with Crippen molar-refractivity contribution >= 4 is 0 Å². The zero-order chi connectivity index (χ0) is 12.3. The Morgan fingerprint density at radius 1 is 1.24 bits per heavy atom. The first-order valence-corrected chi connectivity index (χ1v) is 6.68. The molecular formula is C15H23NO. The topological polar surface area (TPSA) is 21.3 Å². The van der Waals surface area contributed by atoms with Crippen molar-refractivity contribution < 1.29 is 4.74 Å². The van der Waals surface area contributed by atoms with Gasteiger partial charge in [-0.3, -0.25) is 0 Å². The zero-order valence-corrected chi connectivity index (χ0v) is 11.1. The van der Waals surface area contributed by atoms with E-state index in [2.05, 4.69) is 44.3 Å². The van der Waals surface area contributed by atoms with Gasteiger partial charge in [0.1, 0.15) is 5.75 Å². The summed E-state index contributed by atoms with van der Waals surface area (Å²) in [5.41, 5.74) is 1.31. The predicted molar refractivity (Wildman–Crippen MR) is 71.4 cm³/mol. The van der Waals surface area contributed by atoms with Crippen LogP contribution in [0, 0.1) is 0 Å². The Morgan fingerprint density at radius 2 is 2.00 bits per heavy atom. The lowest BCUT2D eigenvalue weighted by Crippen LogP contribution is -2.36.